The lowest BCUT2D eigenvalue weighted by atomic mass is 9.85. The Hall–Kier alpha value is -1.16. The van der Waals surface area contributed by atoms with E-state index in [1.165, 1.54) is 6.07 Å². The van der Waals surface area contributed by atoms with Gasteiger partial charge in [0.1, 0.15) is 0 Å². The Bertz CT molecular complexity index is 401. The minimum Gasteiger partial charge on any atom is -0.375 e. The molecule has 0 radical (unpaired) electrons. The molecule has 17 heavy (non-hydrogen) atoms. The number of hydrogen-bond acceptors (Lipinski definition) is 2. The van der Waals surface area contributed by atoms with E-state index in [0.29, 0.717) is 18.7 Å². The molecule has 2 nitrogen and oxygen atoms in total. The molecule has 0 aliphatic heterocycles. The third kappa shape index (κ3) is 3.16. The molecule has 0 saturated heterocycles. The molecule has 0 unspecified atom stereocenters. The molecule has 1 rings (SSSR count). The molecule has 4 heteroatoms. The first-order valence-electron chi connectivity index (χ1n) is 5.63. The molecule has 0 aromatic heterocycles. The average Bonchev–Trinajstić information content (AvgIpc) is 2.23. The first-order valence-corrected chi connectivity index (χ1v) is 5.63. The summed E-state index contributed by atoms with van der Waals surface area (Å²) in [5.74, 6) is -1.61. The van der Waals surface area contributed by atoms with Gasteiger partial charge < -0.3 is 10.6 Å². The van der Waals surface area contributed by atoms with Gasteiger partial charge in [0, 0.05) is 14.1 Å². The molecule has 0 heterocycles. The zero-order valence-corrected chi connectivity index (χ0v) is 10.8. The second-order valence-corrected chi connectivity index (χ2v) is 5.31. The SMILES string of the molecule is CN(C)c1c(CC(C)(C)CN)ccc(F)c1F. The summed E-state index contributed by atoms with van der Waals surface area (Å²) >= 11 is 0. The summed E-state index contributed by atoms with van der Waals surface area (Å²) in [7, 11) is 3.41. The second-order valence-electron chi connectivity index (χ2n) is 5.31. The van der Waals surface area contributed by atoms with Crippen LogP contribution in [0, 0.1) is 17.0 Å². The molecule has 0 fully saturated rings. The summed E-state index contributed by atoms with van der Waals surface area (Å²) in [5.41, 5.74) is 6.63. The summed E-state index contributed by atoms with van der Waals surface area (Å²) < 4.78 is 27.0. The highest BCUT2D eigenvalue weighted by atomic mass is 19.2. The maximum atomic E-state index is 13.7. The highest BCUT2D eigenvalue weighted by molar-refractivity contribution is 5.54. The number of halogens is 2. The molecule has 0 amide bonds. The molecule has 0 spiro atoms. The summed E-state index contributed by atoms with van der Waals surface area (Å²) in [6, 6.07) is 2.80. The quantitative estimate of drug-likeness (QED) is 0.879. The third-order valence-electron chi connectivity index (χ3n) is 2.82. The highest BCUT2D eigenvalue weighted by Crippen LogP contribution is 2.30. The lowest BCUT2D eigenvalue weighted by Gasteiger charge is -2.26. The van der Waals surface area contributed by atoms with Crippen molar-refractivity contribution in [2.45, 2.75) is 20.3 Å². The fraction of sp³-hybridized carbons (Fsp3) is 0.538. The molecule has 0 bridgehead atoms. The van der Waals surface area contributed by atoms with E-state index in [-0.39, 0.29) is 5.41 Å². The Kier molecular flexibility index (Phi) is 4.09. The van der Waals surface area contributed by atoms with E-state index in [2.05, 4.69) is 0 Å². The lowest BCUT2D eigenvalue weighted by Crippen LogP contribution is -2.27. The summed E-state index contributed by atoms with van der Waals surface area (Å²) in [6.07, 6.45) is 0.619. The van der Waals surface area contributed by atoms with Crippen LogP contribution in [0.1, 0.15) is 19.4 Å². The van der Waals surface area contributed by atoms with Gasteiger partial charge in [-0.15, -0.1) is 0 Å². The largest absolute Gasteiger partial charge is 0.375 e. The van der Waals surface area contributed by atoms with Gasteiger partial charge in [-0.05, 0) is 30.0 Å². The van der Waals surface area contributed by atoms with E-state index in [1.807, 2.05) is 13.8 Å². The highest BCUT2D eigenvalue weighted by Gasteiger charge is 2.22. The molecule has 0 atom stereocenters. The minimum atomic E-state index is -0.817. The first kappa shape index (κ1) is 13.9. The first-order chi connectivity index (χ1) is 7.78. The number of nitrogens with two attached hydrogens (primary N) is 1. The van der Waals surface area contributed by atoms with Gasteiger partial charge in [0.15, 0.2) is 11.6 Å². The van der Waals surface area contributed by atoms with Crippen LogP contribution >= 0.6 is 0 Å². The summed E-state index contributed by atoms with van der Waals surface area (Å²) in [5, 5.41) is 0. The Morgan fingerprint density at radius 3 is 2.29 bits per heavy atom. The predicted molar refractivity (Wildman–Crippen MR) is 67.2 cm³/mol. The lowest BCUT2D eigenvalue weighted by molar-refractivity contribution is 0.375. The van der Waals surface area contributed by atoms with Crippen LogP contribution in [-0.2, 0) is 6.42 Å². The van der Waals surface area contributed by atoms with Crippen molar-refractivity contribution in [1.82, 2.24) is 0 Å². The van der Waals surface area contributed by atoms with E-state index >= 15 is 0 Å². The smallest absolute Gasteiger partial charge is 0.182 e. The fourth-order valence-electron chi connectivity index (χ4n) is 1.79. The molecule has 2 N–H and O–H groups in total. The molecule has 96 valence electrons. The van der Waals surface area contributed by atoms with Crippen LogP contribution in [0.5, 0.6) is 0 Å². The van der Waals surface area contributed by atoms with Crippen molar-refractivity contribution in [3.8, 4) is 0 Å². The van der Waals surface area contributed by atoms with Crippen molar-refractivity contribution in [3.05, 3.63) is 29.3 Å². The van der Waals surface area contributed by atoms with Gasteiger partial charge in [-0.3, -0.25) is 0 Å². The molecule has 1 aromatic rings. The number of nitrogens with zero attached hydrogens (tertiary/aromatic N) is 1. The van der Waals surface area contributed by atoms with E-state index in [0.717, 1.165) is 5.56 Å². The summed E-state index contributed by atoms with van der Waals surface area (Å²) in [6.45, 7) is 4.51. The van der Waals surface area contributed by atoms with Gasteiger partial charge in [-0.1, -0.05) is 19.9 Å². The van der Waals surface area contributed by atoms with Crippen molar-refractivity contribution in [1.29, 1.82) is 0 Å². The van der Waals surface area contributed by atoms with Gasteiger partial charge in [0.2, 0.25) is 0 Å². The Morgan fingerprint density at radius 1 is 1.24 bits per heavy atom. The molecular formula is C13H20F2N2. The second kappa shape index (κ2) is 5.00. The van der Waals surface area contributed by atoms with Crippen LogP contribution in [0.25, 0.3) is 0 Å². The van der Waals surface area contributed by atoms with Crippen molar-refractivity contribution in [2.75, 3.05) is 25.5 Å². The monoisotopic (exact) mass is 242 g/mol. The molecule has 0 saturated carbocycles. The predicted octanol–water partition coefficient (Wildman–Crippen LogP) is 2.56. The number of benzene rings is 1. The zero-order valence-electron chi connectivity index (χ0n) is 10.8. The standard InChI is InChI=1S/C13H20F2N2/c1-13(2,8-16)7-9-5-6-10(14)11(15)12(9)17(3)4/h5-6H,7-8,16H2,1-4H3. The van der Waals surface area contributed by atoms with Crippen molar-refractivity contribution >= 4 is 5.69 Å². The van der Waals surface area contributed by atoms with Crippen LogP contribution in [0.2, 0.25) is 0 Å². The van der Waals surface area contributed by atoms with Gasteiger partial charge in [0.25, 0.3) is 0 Å². The molecular weight excluding hydrogens is 222 g/mol. The Balaban J connectivity index is 3.20. The number of hydrogen-bond donors (Lipinski definition) is 1. The van der Waals surface area contributed by atoms with Crippen molar-refractivity contribution < 1.29 is 8.78 Å². The molecule has 1 aromatic carbocycles. The van der Waals surface area contributed by atoms with Gasteiger partial charge in [0.05, 0.1) is 5.69 Å². The Labute approximate surface area is 101 Å². The van der Waals surface area contributed by atoms with Gasteiger partial charge in [-0.25, -0.2) is 8.78 Å². The molecule has 0 aliphatic carbocycles. The van der Waals surface area contributed by atoms with E-state index < -0.39 is 11.6 Å². The van der Waals surface area contributed by atoms with Gasteiger partial charge >= 0.3 is 0 Å². The topological polar surface area (TPSA) is 29.3 Å². The van der Waals surface area contributed by atoms with Crippen LogP contribution in [0.3, 0.4) is 0 Å². The summed E-state index contributed by atoms with van der Waals surface area (Å²) in [4.78, 5) is 1.60. The van der Waals surface area contributed by atoms with E-state index in [1.54, 1.807) is 25.1 Å². The van der Waals surface area contributed by atoms with Crippen molar-refractivity contribution in [3.63, 3.8) is 0 Å². The fourth-order valence-corrected chi connectivity index (χ4v) is 1.79. The third-order valence-corrected chi connectivity index (χ3v) is 2.82. The number of rotatable bonds is 4. The average molecular weight is 242 g/mol. The van der Waals surface area contributed by atoms with Gasteiger partial charge in [-0.2, -0.15) is 0 Å². The van der Waals surface area contributed by atoms with Crippen molar-refractivity contribution in [2.24, 2.45) is 11.1 Å². The normalized spacial score (nSPS) is 11.7. The van der Waals surface area contributed by atoms with Crippen LogP contribution in [0.4, 0.5) is 14.5 Å². The van der Waals surface area contributed by atoms with Crippen LogP contribution in [0.15, 0.2) is 12.1 Å². The van der Waals surface area contributed by atoms with E-state index in [4.69, 9.17) is 5.73 Å². The maximum Gasteiger partial charge on any atom is 0.182 e. The molecule has 0 aliphatic rings. The van der Waals surface area contributed by atoms with E-state index in [9.17, 15) is 8.78 Å². The number of anilines is 1. The minimum absolute atomic E-state index is 0.130. The maximum absolute atomic E-state index is 13.7. The Morgan fingerprint density at radius 2 is 1.82 bits per heavy atom. The van der Waals surface area contributed by atoms with Crippen LogP contribution in [-0.4, -0.2) is 20.6 Å². The zero-order chi connectivity index (χ0) is 13.2. The van der Waals surface area contributed by atoms with Crippen LogP contribution < -0.4 is 10.6 Å².